The zero-order chi connectivity index (χ0) is 38.5. The fourth-order valence-electron chi connectivity index (χ4n) is 7.03. The average molecular weight is 798 g/mol. The molecule has 4 aliphatic rings. The maximum atomic E-state index is 13.8. The van der Waals surface area contributed by atoms with Gasteiger partial charge in [0.25, 0.3) is 0 Å². The van der Waals surface area contributed by atoms with E-state index in [2.05, 4.69) is 15.2 Å². The van der Waals surface area contributed by atoms with Gasteiger partial charge in [0.05, 0.1) is 19.3 Å². The Morgan fingerprint density at radius 1 is 0.927 bits per heavy atom. The molecular formula is C41H42Cl2F2N3O7+. The number of nitrogens with zero attached hydrogens (tertiary/aromatic N) is 1. The van der Waals surface area contributed by atoms with Gasteiger partial charge >= 0.3 is 18.6 Å². The molecule has 0 amide bonds. The smallest absolute Gasteiger partial charge is 0.387 e. The summed E-state index contributed by atoms with van der Waals surface area (Å²) in [5, 5.41) is 3.95. The number of fused-ring (bicyclic) bond motifs is 3. The summed E-state index contributed by atoms with van der Waals surface area (Å²) in [6.45, 7) is 0.0616. The van der Waals surface area contributed by atoms with Crippen LogP contribution in [0.4, 0.5) is 14.5 Å². The molecule has 1 aliphatic carbocycles. The highest BCUT2D eigenvalue weighted by molar-refractivity contribution is 6.35. The summed E-state index contributed by atoms with van der Waals surface area (Å²) in [5.41, 5.74) is 2.43. The minimum absolute atomic E-state index is 0.0682. The number of H-pyrrole nitrogens is 1. The molecule has 14 heteroatoms. The Hall–Kier alpha value is -4.65. The monoisotopic (exact) mass is 796 g/mol. The number of carbonyl (C=O) groups is 2. The first-order valence-electron chi connectivity index (χ1n) is 18.3. The number of esters is 2. The van der Waals surface area contributed by atoms with Gasteiger partial charge < -0.3 is 29.0 Å². The third-order valence-corrected chi connectivity index (χ3v) is 11.0. The van der Waals surface area contributed by atoms with Gasteiger partial charge in [0.1, 0.15) is 28.0 Å². The number of carbonyl (C=O) groups excluding carboxylic acids is 2. The van der Waals surface area contributed by atoms with E-state index in [-0.39, 0.29) is 29.6 Å². The summed E-state index contributed by atoms with van der Waals surface area (Å²) >= 11 is 13.0. The Labute approximate surface area is 328 Å². The molecule has 2 N–H and O–H groups in total. The van der Waals surface area contributed by atoms with E-state index in [1.54, 1.807) is 55.9 Å². The molecule has 55 heavy (non-hydrogen) atoms. The van der Waals surface area contributed by atoms with Crippen molar-refractivity contribution in [2.75, 3.05) is 38.7 Å². The van der Waals surface area contributed by atoms with Crippen molar-refractivity contribution in [1.29, 1.82) is 0 Å². The van der Waals surface area contributed by atoms with Crippen LogP contribution < -0.4 is 24.5 Å². The number of alkyl halides is 2. The molecule has 4 aromatic rings. The van der Waals surface area contributed by atoms with Crippen molar-refractivity contribution in [2.45, 2.75) is 57.0 Å². The van der Waals surface area contributed by atoms with E-state index >= 15 is 0 Å². The quantitative estimate of drug-likeness (QED) is 0.112. The molecule has 0 radical (unpaired) electrons. The summed E-state index contributed by atoms with van der Waals surface area (Å²) in [6.07, 6.45) is 6.05. The molecule has 3 aromatic carbocycles. The fourth-order valence-corrected chi connectivity index (χ4v) is 7.57. The second-order valence-corrected chi connectivity index (χ2v) is 14.9. The third kappa shape index (κ3) is 9.78. The predicted molar refractivity (Wildman–Crippen MR) is 201 cm³/mol. The maximum Gasteiger partial charge on any atom is 0.387 e. The van der Waals surface area contributed by atoms with Gasteiger partial charge in [-0.25, -0.2) is 14.6 Å². The zero-order valence-corrected chi connectivity index (χ0v) is 31.7. The third-order valence-electron chi connectivity index (χ3n) is 10.3. The number of ether oxygens (including phenoxy) is 5. The first-order valence-corrected chi connectivity index (χ1v) is 19.1. The summed E-state index contributed by atoms with van der Waals surface area (Å²) in [5.74, 6) is 0.197. The van der Waals surface area contributed by atoms with Crippen molar-refractivity contribution in [3.63, 3.8) is 0 Å². The molecule has 4 heterocycles. The zero-order valence-electron chi connectivity index (χ0n) is 30.2. The number of halogens is 4. The van der Waals surface area contributed by atoms with E-state index in [4.69, 9.17) is 46.9 Å². The fraction of sp³-hybridized carbons (Fsp3) is 0.390. The first kappa shape index (κ1) is 38.6. The minimum Gasteiger partial charge on any atom is -0.497 e. The molecule has 0 spiro atoms. The second kappa shape index (κ2) is 17.4. The maximum absolute atomic E-state index is 13.8. The van der Waals surface area contributed by atoms with Crippen LogP contribution in [0.5, 0.6) is 17.2 Å². The molecule has 1 unspecified atom stereocenters. The van der Waals surface area contributed by atoms with Gasteiger partial charge in [0, 0.05) is 24.2 Å². The molecular weight excluding hydrogens is 755 g/mol. The summed E-state index contributed by atoms with van der Waals surface area (Å²) < 4.78 is 54.8. The Balaban J connectivity index is 1.11. The number of methoxy groups -OCH3 is 1. The minimum atomic E-state index is -3.06. The van der Waals surface area contributed by atoms with Crippen molar-refractivity contribution in [2.24, 2.45) is 11.8 Å². The summed E-state index contributed by atoms with van der Waals surface area (Å²) in [7, 11) is 1.57. The number of nitrogens with one attached hydrogen (secondary N) is 2. The first-order chi connectivity index (χ1) is 26.6. The lowest BCUT2D eigenvalue weighted by Gasteiger charge is -2.44. The molecule has 290 valence electrons. The number of pyridine rings is 1. The van der Waals surface area contributed by atoms with E-state index in [9.17, 15) is 18.4 Å². The van der Waals surface area contributed by atoms with Crippen LogP contribution in [0.1, 0.15) is 64.9 Å². The van der Waals surface area contributed by atoms with Crippen LogP contribution in [0.2, 0.25) is 10.0 Å². The topological polar surface area (TPSA) is 110 Å². The van der Waals surface area contributed by atoms with Crippen LogP contribution in [0, 0.1) is 11.8 Å². The van der Waals surface area contributed by atoms with Crippen molar-refractivity contribution < 1.29 is 47.0 Å². The Morgan fingerprint density at radius 2 is 1.67 bits per heavy atom. The van der Waals surface area contributed by atoms with Gasteiger partial charge in [-0.05, 0) is 110 Å². The summed E-state index contributed by atoms with van der Waals surface area (Å²) in [6, 6.07) is 17.4. The van der Waals surface area contributed by atoms with Crippen molar-refractivity contribution in [1.82, 2.24) is 4.90 Å². The number of piperidine rings is 3. The number of aromatic nitrogens is 1. The molecule has 3 aliphatic heterocycles. The molecule has 3 atom stereocenters. The van der Waals surface area contributed by atoms with Crippen LogP contribution >= 0.6 is 23.2 Å². The lowest BCUT2D eigenvalue weighted by Crippen LogP contribution is -2.52. The number of benzene rings is 3. The van der Waals surface area contributed by atoms with Crippen molar-refractivity contribution >= 4 is 40.8 Å². The van der Waals surface area contributed by atoms with E-state index in [1.807, 2.05) is 12.1 Å². The molecule has 4 fully saturated rings. The average Bonchev–Trinajstić information content (AvgIpc) is 4.03. The van der Waals surface area contributed by atoms with E-state index in [0.29, 0.717) is 56.6 Å². The number of hydrogen-bond acceptors (Lipinski definition) is 9. The molecule has 1 aromatic heterocycles. The van der Waals surface area contributed by atoms with Crippen molar-refractivity contribution in [3.05, 3.63) is 111 Å². The highest BCUT2D eigenvalue weighted by Crippen LogP contribution is 2.38. The molecule has 2 bridgehead atoms. The number of rotatable bonds is 16. The van der Waals surface area contributed by atoms with E-state index in [0.717, 1.165) is 45.3 Å². The SMILES string of the molecule is COc1cccc(C(Nc2ccc(C(=O)O[C@@H](Cc3c(Cl)c[nH+]cc3Cl)c3ccc(OC(F)F)c(OCC4CC4)c3)cc2)C(=O)O[C@H]2CN3CCC2CC3)c1. The standard InChI is InChI=1S/C41H41Cl2F2N3O7/c1-51-30-4-2-3-28(17-30)38(40(50)54-37-22-48-15-13-25(37)14-16-48)47-29-10-7-26(8-11-29)39(49)53-35(19-31-32(42)20-46-21-33(31)43)27-9-12-34(55-41(44)45)36(18-27)52-23-24-5-6-24/h2-4,7-12,17-18,20-21,24-25,35,37-38,41,47H,5-6,13-16,19,22-23H2,1H3/p+1/t35-,37-,38?/m0/s1. The summed E-state index contributed by atoms with van der Waals surface area (Å²) in [4.78, 5) is 32.8. The van der Waals surface area contributed by atoms with Crippen LogP contribution in [-0.2, 0) is 20.7 Å². The molecule has 8 rings (SSSR count). The van der Waals surface area contributed by atoms with Gasteiger partial charge in [-0.1, -0.05) is 41.4 Å². The molecule has 1 saturated carbocycles. The Morgan fingerprint density at radius 3 is 2.33 bits per heavy atom. The van der Waals surface area contributed by atoms with Crippen LogP contribution in [0.25, 0.3) is 0 Å². The van der Waals surface area contributed by atoms with Gasteiger partial charge in [-0.3, -0.25) is 4.90 Å². The molecule has 10 nitrogen and oxygen atoms in total. The second-order valence-electron chi connectivity index (χ2n) is 14.1. The van der Waals surface area contributed by atoms with E-state index in [1.165, 1.54) is 18.2 Å². The van der Waals surface area contributed by atoms with Crippen LogP contribution in [-0.4, -0.2) is 62.9 Å². The van der Waals surface area contributed by atoms with Gasteiger partial charge in [-0.15, -0.1) is 0 Å². The normalized spacial score (nSPS) is 20.0. The highest BCUT2D eigenvalue weighted by Gasteiger charge is 2.38. The Bertz CT molecular complexity index is 1960. The highest BCUT2D eigenvalue weighted by atomic mass is 35.5. The van der Waals surface area contributed by atoms with Crippen molar-refractivity contribution in [3.8, 4) is 17.2 Å². The van der Waals surface area contributed by atoms with Gasteiger partial charge in [0.2, 0.25) is 0 Å². The number of anilines is 1. The number of aromatic amines is 1. The largest absolute Gasteiger partial charge is 0.497 e. The van der Waals surface area contributed by atoms with E-state index < -0.39 is 30.7 Å². The van der Waals surface area contributed by atoms with Crippen LogP contribution in [0.15, 0.2) is 79.1 Å². The van der Waals surface area contributed by atoms with Gasteiger partial charge in [0.15, 0.2) is 29.9 Å². The van der Waals surface area contributed by atoms with Gasteiger partial charge in [-0.2, -0.15) is 8.78 Å². The lowest BCUT2D eigenvalue weighted by molar-refractivity contribution is -0.377. The molecule has 3 saturated heterocycles. The van der Waals surface area contributed by atoms with Crippen LogP contribution in [0.3, 0.4) is 0 Å². The lowest BCUT2D eigenvalue weighted by atomic mass is 9.86. The number of hydrogen-bond donors (Lipinski definition) is 1. The Kier molecular flexibility index (Phi) is 12.2. The predicted octanol–water partition coefficient (Wildman–Crippen LogP) is 8.14.